The Labute approximate surface area is 81.0 Å². The molecule has 5 heteroatoms. The number of hydrogen-bond donors (Lipinski definition) is 0. The molecule has 1 saturated carbocycles. The van der Waals surface area contributed by atoms with Crippen molar-refractivity contribution >= 4 is 5.78 Å². The summed E-state index contributed by atoms with van der Waals surface area (Å²) >= 11 is 0. The summed E-state index contributed by atoms with van der Waals surface area (Å²) in [5.41, 5.74) is 0.493. The van der Waals surface area contributed by atoms with Crippen molar-refractivity contribution in [3.63, 3.8) is 0 Å². The van der Waals surface area contributed by atoms with E-state index >= 15 is 0 Å². The number of ketones is 1. The van der Waals surface area contributed by atoms with Crippen LogP contribution in [0.15, 0.2) is 6.20 Å². The van der Waals surface area contributed by atoms with Gasteiger partial charge in [0.15, 0.2) is 5.78 Å². The number of ether oxygens (including phenoxy) is 1. The van der Waals surface area contributed by atoms with Gasteiger partial charge < -0.3 is 4.74 Å². The first-order chi connectivity index (χ1) is 6.77. The van der Waals surface area contributed by atoms with Crippen molar-refractivity contribution in [1.82, 2.24) is 15.0 Å². The first kappa shape index (κ1) is 8.11. The van der Waals surface area contributed by atoms with Gasteiger partial charge in [-0.3, -0.25) is 4.79 Å². The predicted octanol–water partition coefficient (Wildman–Crippen LogP) is -0.110. The van der Waals surface area contributed by atoms with E-state index in [-0.39, 0.29) is 11.7 Å². The molecular formula is C9H11N3O2. The van der Waals surface area contributed by atoms with E-state index < -0.39 is 0 Å². The molecule has 5 nitrogen and oxygen atoms in total. The monoisotopic (exact) mass is 193 g/mol. The van der Waals surface area contributed by atoms with Gasteiger partial charge in [0, 0.05) is 13.0 Å². The number of carbonyl (C=O) groups is 1. The lowest BCUT2D eigenvalue weighted by Crippen LogP contribution is -2.11. The minimum absolute atomic E-state index is 0.136. The summed E-state index contributed by atoms with van der Waals surface area (Å²) in [4.78, 5) is 13.3. The maximum Gasteiger partial charge on any atom is 0.188 e. The van der Waals surface area contributed by atoms with Crippen molar-refractivity contribution in [2.45, 2.75) is 0 Å². The number of aryl methyl sites for hydroxylation is 1. The van der Waals surface area contributed by atoms with Crippen LogP contribution in [0.2, 0.25) is 0 Å². The summed E-state index contributed by atoms with van der Waals surface area (Å²) in [6, 6.07) is 0. The van der Waals surface area contributed by atoms with Crippen molar-refractivity contribution in [2.75, 3.05) is 13.2 Å². The molecule has 0 spiro atoms. The molecular weight excluding hydrogens is 182 g/mol. The van der Waals surface area contributed by atoms with Crippen LogP contribution >= 0.6 is 0 Å². The maximum absolute atomic E-state index is 11.9. The second kappa shape index (κ2) is 2.63. The molecule has 2 fully saturated rings. The normalized spacial score (nSPS) is 34.2. The third-order valence-corrected chi connectivity index (χ3v) is 3.11. The Balaban J connectivity index is 1.78. The highest BCUT2D eigenvalue weighted by Crippen LogP contribution is 2.51. The van der Waals surface area contributed by atoms with Gasteiger partial charge in [-0.25, -0.2) is 0 Å². The van der Waals surface area contributed by atoms with E-state index in [0.29, 0.717) is 17.5 Å². The van der Waals surface area contributed by atoms with Gasteiger partial charge >= 0.3 is 0 Å². The molecule has 0 radical (unpaired) electrons. The molecule has 0 bridgehead atoms. The Morgan fingerprint density at radius 2 is 2.29 bits per heavy atom. The van der Waals surface area contributed by atoms with Crippen molar-refractivity contribution in [2.24, 2.45) is 24.8 Å². The fourth-order valence-electron chi connectivity index (χ4n) is 2.26. The molecule has 1 saturated heterocycles. The van der Waals surface area contributed by atoms with Crippen LogP contribution in [0, 0.1) is 17.8 Å². The fourth-order valence-corrected chi connectivity index (χ4v) is 2.26. The largest absolute Gasteiger partial charge is 0.381 e. The molecule has 3 rings (SSSR count). The lowest BCUT2D eigenvalue weighted by molar-refractivity contribution is 0.0888. The molecule has 2 heterocycles. The standard InChI is InChI=1S/C9H11N3O2/c1-12-10-2-7(11-12)9(13)8-5-3-14-4-6(5)8/h2,5-6,8H,3-4H2,1H3. The first-order valence-electron chi connectivity index (χ1n) is 4.75. The molecule has 1 aromatic heterocycles. The molecule has 1 aliphatic carbocycles. The number of rotatable bonds is 2. The lowest BCUT2D eigenvalue weighted by Gasteiger charge is -1.99. The van der Waals surface area contributed by atoms with Crippen LogP contribution in [-0.4, -0.2) is 34.0 Å². The van der Waals surface area contributed by atoms with Gasteiger partial charge in [-0.05, 0) is 11.8 Å². The number of fused-ring (bicyclic) bond motifs is 1. The summed E-state index contributed by atoms with van der Waals surface area (Å²) in [7, 11) is 1.72. The number of carbonyl (C=O) groups excluding carboxylic acids is 1. The Morgan fingerprint density at radius 1 is 1.57 bits per heavy atom. The fraction of sp³-hybridized carbons (Fsp3) is 0.667. The summed E-state index contributed by atoms with van der Waals surface area (Å²) in [5.74, 6) is 1.19. The highest BCUT2D eigenvalue weighted by molar-refractivity contribution is 5.98. The van der Waals surface area contributed by atoms with Gasteiger partial charge in [0.1, 0.15) is 5.69 Å². The van der Waals surface area contributed by atoms with Crippen molar-refractivity contribution in [1.29, 1.82) is 0 Å². The van der Waals surface area contributed by atoms with Crippen molar-refractivity contribution in [3.05, 3.63) is 11.9 Å². The van der Waals surface area contributed by atoms with Crippen LogP contribution in [0.4, 0.5) is 0 Å². The SMILES string of the molecule is Cn1ncc(C(=O)C2C3COCC32)n1. The zero-order chi connectivity index (χ0) is 9.71. The molecule has 74 valence electrons. The molecule has 0 amide bonds. The Bertz CT molecular complexity index is 377. The number of aromatic nitrogens is 3. The van der Waals surface area contributed by atoms with E-state index in [0.717, 1.165) is 13.2 Å². The van der Waals surface area contributed by atoms with Gasteiger partial charge in [0.2, 0.25) is 0 Å². The molecule has 2 aliphatic rings. The smallest absolute Gasteiger partial charge is 0.188 e. The second-order valence-electron chi connectivity index (χ2n) is 3.97. The molecule has 2 unspecified atom stereocenters. The third kappa shape index (κ3) is 1.02. The van der Waals surface area contributed by atoms with E-state index in [4.69, 9.17) is 4.74 Å². The number of nitrogens with zero attached hydrogens (tertiary/aromatic N) is 3. The first-order valence-corrected chi connectivity index (χ1v) is 4.75. The van der Waals surface area contributed by atoms with Crippen LogP contribution in [0.3, 0.4) is 0 Å². The minimum Gasteiger partial charge on any atom is -0.381 e. The summed E-state index contributed by atoms with van der Waals surface area (Å²) in [6.45, 7) is 1.47. The molecule has 0 N–H and O–H groups in total. The van der Waals surface area contributed by atoms with E-state index in [1.165, 1.54) is 11.0 Å². The summed E-state index contributed by atoms with van der Waals surface area (Å²) in [6.07, 6.45) is 1.54. The van der Waals surface area contributed by atoms with Crippen LogP contribution in [0.25, 0.3) is 0 Å². The zero-order valence-corrected chi connectivity index (χ0v) is 7.88. The third-order valence-electron chi connectivity index (χ3n) is 3.11. The number of hydrogen-bond acceptors (Lipinski definition) is 4. The maximum atomic E-state index is 11.9. The topological polar surface area (TPSA) is 57.0 Å². The Kier molecular flexibility index (Phi) is 1.53. The van der Waals surface area contributed by atoms with Gasteiger partial charge in [-0.2, -0.15) is 15.0 Å². The van der Waals surface area contributed by atoms with Crippen molar-refractivity contribution < 1.29 is 9.53 Å². The van der Waals surface area contributed by atoms with Gasteiger partial charge in [-0.1, -0.05) is 0 Å². The van der Waals surface area contributed by atoms with Gasteiger partial charge in [0.05, 0.1) is 19.4 Å². The summed E-state index contributed by atoms with van der Waals surface area (Å²) in [5, 5.41) is 7.91. The van der Waals surface area contributed by atoms with E-state index in [9.17, 15) is 4.79 Å². The van der Waals surface area contributed by atoms with Gasteiger partial charge in [0.25, 0.3) is 0 Å². The zero-order valence-electron chi connectivity index (χ0n) is 7.88. The van der Waals surface area contributed by atoms with Crippen molar-refractivity contribution in [3.8, 4) is 0 Å². The molecule has 1 aliphatic heterocycles. The Hall–Kier alpha value is -1.23. The number of Topliss-reactive ketones (excluding diaryl/α,β-unsaturated/α-hetero) is 1. The van der Waals surface area contributed by atoms with E-state index in [1.807, 2.05) is 0 Å². The van der Waals surface area contributed by atoms with E-state index in [1.54, 1.807) is 7.05 Å². The van der Waals surface area contributed by atoms with Crippen LogP contribution in [0.5, 0.6) is 0 Å². The average Bonchev–Trinajstić information content (AvgIpc) is 2.56. The Morgan fingerprint density at radius 3 is 2.86 bits per heavy atom. The molecule has 14 heavy (non-hydrogen) atoms. The van der Waals surface area contributed by atoms with Gasteiger partial charge in [-0.15, -0.1) is 0 Å². The van der Waals surface area contributed by atoms with Crippen LogP contribution in [0.1, 0.15) is 10.5 Å². The summed E-state index contributed by atoms with van der Waals surface area (Å²) < 4.78 is 5.23. The van der Waals surface area contributed by atoms with Crippen LogP contribution in [-0.2, 0) is 11.8 Å². The van der Waals surface area contributed by atoms with Crippen LogP contribution < -0.4 is 0 Å². The quantitative estimate of drug-likeness (QED) is 0.615. The second-order valence-corrected chi connectivity index (χ2v) is 3.97. The predicted molar refractivity (Wildman–Crippen MR) is 46.6 cm³/mol. The lowest BCUT2D eigenvalue weighted by atomic mass is 10.1. The highest BCUT2D eigenvalue weighted by Gasteiger charge is 2.58. The highest BCUT2D eigenvalue weighted by atomic mass is 16.5. The average molecular weight is 193 g/mol. The van der Waals surface area contributed by atoms with E-state index in [2.05, 4.69) is 10.2 Å². The molecule has 2 atom stereocenters. The molecule has 0 aromatic carbocycles. The molecule has 1 aromatic rings. The minimum atomic E-state index is 0.136.